The van der Waals surface area contributed by atoms with Crippen LogP contribution in [0.1, 0.15) is 32.1 Å². The Morgan fingerprint density at radius 1 is 1.32 bits per heavy atom. The number of hydrogen-bond acceptors (Lipinski definition) is 3. The smallest absolute Gasteiger partial charge is 0.326 e. The van der Waals surface area contributed by atoms with E-state index in [1.165, 1.54) is 4.90 Å². The highest BCUT2D eigenvalue weighted by atomic mass is 35.5. The number of aliphatic carboxylic acids is 1. The maximum Gasteiger partial charge on any atom is 0.326 e. The Balaban J connectivity index is 1.77. The molecule has 1 amide bonds. The van der Waals surface area contributed by atoms with Crippen molar-refractivity contribution in [2.24, 2.45) is 0 Å². The molecule has 5 nitrogen and oxygen atoms in total. The van der Waals surface area contributed by atoms with Crippen LogP contribution in [-0.2, 0) is 9.59 Å². The van der Waals surface area contributed by atoms with E-state index < -0.39 is 12.0 Å². The molecule has 1 aromatic carbocycles. The predicted molar refractivity (Wildman–Crippen MR) is 83.2 cm³/mol. The van der Waals surface area contributed by atoms with E-state index in [1.807, 2.05) is 12.1 Å². The summed E-state index contributed by atoms with van der Waals surface area (Å²) in [6.07, 6.45) is 3.08. The van der Waals surface area contributed by atoms with Crippen LogP contribution < -0.4 is 4.74 Å². The van der Waals surface area contributed by atoms with Crippen LogP contribution in [0.3, 0.4) is 0 Å². The number of carbonyl (C=O) groups excluding carboxylic acids is 1. The lowest BCUT2D eigenvalue weighted by Crippen LogP contribution is -2.47. The first kappa shape index (κ1) is 16.6. The van der Waals surface area contributed by atoms with Gasteiger partial charge in [-0.1, -0.05) is 23.7 Å². The van der Waals surface area contributed by atoms with Gasteiger partial charge in [-0.2, -0.15) is 0 Å². The molecule has 1 N–H and O–H groups in total. The molecule has 1 aliphatic heterocycles. The topological polar surface area (TPSA) is 66.8 Å². The Hall–Kier alpha value is -1.75. The zero-order chi connectivity index (χ0) is 15.9. The van der Waals surface area contributed by atoms with E-state index >= 15 is 0 Å². The lowest BCUT2D eigenvalue weighted by molar-refractivity contribution is -0.152. The van der Waals surface area contributed by atoms with E-state index in [2.05, 4.69) is 0 Å². The van der Waals surface area contributed by atoms with Gasteiger partial charge in [0.15, 0.2) is 0 Å². The molecule has 0 saturated carbocycles. The molecule has 1 aromatic rings. The van der Waals surface area contributed by atoms with Crippen molar-refractivity contribution in [3.8, 4) is 5.75 Å². The molecule has 1 atom stereocenters. The second-order valence-electron chi connectivity index (χ2n) is 5.32. The monoisotopic (exact) mass is 325 g/mol. The number of likely N-dealkylation sites (tertiary alicyclic amines) is 1. The number of para-hydroxylation sites is 1. The van der Waals surface area contributed by atoms with Crippen LogP contribution in [0.15, 0.2) is 24.3 Å². The van der Waals surface area contributed by atoms with Crippen molar-refractivity contribution >= 4 is 23.5 Å². The first-order chi connectivity index (χ1) is 10.6. The summed E-state index contributed by atoms with van der Waals surface area (Å²) in [5.41, 5.74) is 0. The quantitative estimate of drug-likeness (QED) is 0.817. The number of carboxylic acids is 1. The molecule has 2 rings (SSSR count). The Morgan fingerprint density at radius 2 is 2.09 bits per heavy atom. The van der Waals surface area contributed by atoms with Gasteiger partial charge in [0, 0.05) is 13.0 Å². The highest BCUT2D eigenvalue weighted by Gasteiger charge is 2.31. The van der Waals surface area contributed by atoms with Crippen LogP contribution in [-0.4, -0.2) is 41.1 Å². The Labute approximate surface area is 134 Å². The minimum Gasteiger partial charge on any atom is -0.492 e. The fourth-order valence-electron chi connectivity index (χ4n) is 2.60. The average molecular weight is 326 g/mol. The van der Waals surface area contributed by atoms with Gasteiger partial charge in [-0.05, 0) is 37.8 Å². The Morgan fingerprint density at radius 3 is 2.82 bits per heavy atom. The van der Waals surface area contributed by atoms with Crippen LogP contribution in [0.5, 0.6) is 5.75 Å². The summed E-state index contributed by atoms with van der Waals surface area (Å²) in [6, 6.07) is 6.49. The number of carboxylic acid groups (broad SMARTS) is 1. The predicted octanol–water partition coefficient (Wildman–Crippen LogP) is 2.96. The zero-order valence-electron chi connectivity index (χ0n) is 12.3. The van der Waals surface area contributed by atoms with Gasteiger partial charge in [-0.25, -0.2) is 4.79 Å². The van der Waals surface area contributed by atoms with Crippen molar-refractivity contribution in [3.63, 3.8) is 0 Å². The van der Waals surface area contributed by atoms with Crippen molar-refractivity contribution in [2.45, 2.75) is 38.1 Å². The SMILES string of the molecule is O=C(O)[C@H]1CCCCN1C(=O)CCCOc1ccccc1Cl. The fourth-order valence-corrected chi connectivity index (χ4v) is 2.79. The molecule has 0 radical (unpaired) electrons. The first-order valence-corrected chi connectivity index (χ1v) is 7.87. The lowest BCUT2D eigenvalue weighted by Gasteiger charge is -2.33. The van der Waals surface area contributed by atoms with Crippen molar-refractivity contribution in [3.05, 3.63) is 29.3 Å². The largest absolute Gasteiger partial charge is 0.492 e. The van der Waals surface area contributed by atoms with Crippen molar-refractivity contribution in [1.82, 2.24) is 4.90 Å². The molecule has 1 fully saturated rings. The highest BCUT2D eigenvalue weighted by Crippen LogP contribution is 2.23. The summed E-state index contributed by atoms with van der Waals surface area (Å²) in [6.45, 7) is 0.905. The third-order valence-corrected chi connectivity index (χ3v) is 4.05. The number of nitrogens with zero attached hydrogens (tertiary/aromatic N) is 1. The summed E-state index contributed by atoms with van der Waals surface area (Å²) in [5, 5.41) is 9.71. The number of amides is 1. The van der Waals surface area contributed by atoms with Crippen LogP contribution in [0.4, 0.5) is 0 Å². The number of carbonyl (C=O) groups is 2. The molecule has 120 valence electrons. The van der Waals surface area contributed by atoms with Crippen molar-refractivity contribution in [2.75, 3.05) is 13.2 Å². The minimum atomic E-state index is -0.916. The molecule has 0 bridgehead atoms. The van der Waals surface area contributed by atoms with Gasteiger partial charge < -0.3 is 14.7 Å². The van der Waals surface area contributed by atoms with Crippen LogP contribution in [0, 0.1) is 0 Å². The molecule has 1 heterocycles. The normalized spacial score (nSPS) is 18.0. The molecular formula is C16H20ClNO4. The van der Waals surface area contributed by atoms with Gasteiger partial charge in [0.25, 0.3) is 0 Å². The number of piperidine rings is 1. The summed E-state index contributed by atoms with van der Waals surface area (Å²) in [7, 11) is 0. The first-order valence-electron chi connectivity index (χ1n) is 7.49. The van der Waals surface area contributed by atoms with E-state index in [1.54, 1.807) is 12.1 Å². The van der Waals surface area contributed by atoms with E-state index in [0.717, 1.165) is 12.8 Å². The van der Waals surface area contributed by atoms with E-state index in [-0.39, 0.29) is 12.3 Å². The number of ether oxygens (including phenoxy) is 1. The summed E-state index contributed by atoms with van der Waals surface area (Å²) >= 11 is 5.98. The molecule has 22 heavy (non-hydrogen) atoms. The van der Waals surface area contributed by atoms with E-state index in [0.29, 0.717) is 36.8 Å². The molecule has 0 aliphatic carbocycles. The number of halogens is 1. The van der Waals surface area contributed by atoms with E-state index in [4.69, 9.17) is 16.3 Å². The molecule has 0 aromatic heterocycles. The lowest BCUT2D eigenvalue weighted by atomic mass is 10.0. The summed E-state index contributed by atoms with van der Waals surface area (Å²) in [5.74, 6) is -0.437. The van der Waals surface area contributed by atoms with Crippen molar-refractivity contribution in [1.29, 1.82) is 0 Å². The van der Waals surface area contributed by atoms with Gasteiger partial charge >= 0.3 is 5.97 Å². The average Bonchev–Trinajstić information content (AvgIpc) is 2.52. The molecule has 0 spiro atoms. The molecule has 0 unspecified atom stereocenters. The van der Waals surface area contributed by atoms with Gasteiger partial charge in [0.1, 0.15) is 11.8 Å². The maximum absolute atomic E-state index is 12.2. The van der Waals surface area contributed by atoms with E-state index in [9.17, 15) is 14.7 Å². The van der Waals surface area contributed by atoms with Crippen LogP contribution >= 0.6 is 11.6 Å². The molecule has 1 aliphatic rings. The van der Waals surface area contributed by atoms with Crippen molar-refractivity contribution < 1.29 is 19.4 Å². The zero-order valence-corrected chi connectivity index (χ0v) is 13.1. The van der Waals surface area contributed by atoms with Gasteiger partial charge in [0.05, 0.1) is 11.6 Å². The highest BCUT2D eigenvalue weighted by molar-refractivity contribution is 6.32. The molecular weight excluding hydrogens is 306 g/mol. The fraction of sp³-hybridized carbons (Fsp3) is 0.500. The Kier molecular flexibility index (Phi) is 6.07. The number of hydrogen-bond donors (Lipinski definition) is 1. The standard InChI is InChI=1S/C16H20ClNO4/c17-12-6-1-2-8-14(12)22-11-5-9-15(19)18-10-4-3-7-13(18)16(20)21/h1-2,6,8,13H,3-5,7,9-11H2,(H,20,21)/t13-/m1/s1. The maximum atomic E-state index is 12.2. The number of rotatable bonds is 6. The van der Waals surface area contributed by atoms with Crippen LogP contribution in [0.2, 0.25) is 5.02 Å². The van der Waals surface area contributed by atoms with Gasteiger partial charge in [0.2, 0.25) is 5.91 Å². The Bertz CT molecular complexity index is 535. The van der Waals surface area contributed by atoms with Gasteiger partial charge in [-0.15, -0.1) is 0 Å². The number of benzene rings is 1. The minimum absolute atomic E-state index is 0.116. The van der Waals surface area contributed by atoms with Crippen LogP contribution in [0.25, 0.3) is 0 Å². The molecule has 6 heteroatoms. The third-order valence-electron chi connectivity index (χ3n) is 3.74. The summed E-state index contributed by atoms with van der Waals surface area (Å²) in [4.78, 5) is 24.8. The van der Waals surface area contributed by atoms with Gasteiger partial charge in [-0.3, -0.25) is 4.79 Å². The summed E-state index contributed by atoms with van der Waals surface area (Å²) < 4.78 is 5.53. The third kappa shape index (κ3) is 4.37. The second kappa shape index (κ2) is 8.03. The molecule has 1 saturated heterocycles. The second-order valence-corrected chi connectivity index (χ2v) is 5.73.